The van der Waals surface area contributed by atoms with E-state index in [4.69, 9.17) is 4.74 Å². The summed E-state index contributed by atoms with van der Waals surface area (Å²) in [6, 6.07) is 1.81. The van der Waals surface area contributed by atoms with Gasteiger partial charge in [0.25, 0.3) is 0 Å². The molecule has 1 aromatic rings. The van der Waals surface area contributed by atoms with Gasteiger partial charge in [-0.2, -0.15) is 13.2 Å². The van der Waals surface area contributed by atoms with Gasteiger partial charge in [-0.25, -0.2) is 0 Å². The van der Waals surface area contributed by atoms with Crippen LogP contribution in [0.1, 0.15) is 25.0 Å². The molecule has 1 rings (SSSR count). The number of alkyl halides is 3. The maximum absolute atomic E-state index is 11.9. The standard InChI is InChI=1S/C12H17F3N2O/c1-9-7-10(11(18-2)8-17-9)16-6-4-3-5-12(13,14)15/h7-8H,3-6H2,1-2H3,(H,16,17). The van der Waals surface area contributed by atoms with Crippen LogP contribution in [0, 0.1) is 6.92 Å². The average molecular weight is 262 g/mol. The second-order valence-electron chi connectivity index (χ2n) is 4.03. The van der Waals surface area contributed by atoms with Crippen molar-refractivity contribution in [1.29, 1.82) is 0 Å². The molecule has 6 heteroatoms. The predicted octanol–water partition coefficient (Wildman–Crippen LogP) is 3.54. The van der Waals surface area contributed by atoms with E-state index in [0.717, 1.165) is 11.4 Å². The number of hydrogen-bond acceptors (Lipinski definition) is 3. The lowest BCUT2D eigenvalue weighted by atomic mass is 10.2. The molecular formula is C12H17F3N2O. The van der Waals surface area contributed by atoms with Crippen molar-refractivity contribution < 1.29 is 17.9 Å². The summed E-state index contributed by atoms with van der Waals surface area (Å²) < 4.78 is 40.9. The number of anilines is 1. The van der Waals surface area contributed by atoms with Crippen LogP contribution in [0.2, 0.25) is 0 Å². The van der Waals surface area contributed by atoms with Crippen LogP contribution < -0.4 is 10.1 Å². The fourth-order valence-electron chi connectivity index (χ4n) is 1.52. The van der Waals surface area contributed by atoms with E-state index in [1.165, 1.54) is 7.11 Å². The normalized spacial score (nSPS) is 11.4. The van der Waals surface area contributed by atoms with Crippen LogP contribution in [0.3, 0.4) is 0 Å². The second-order valence-corrected chi connectivity index (χ2v) is 4.03. The fraction of sp³-hybridized carbons (Fsp3) is 0.583. The Balaban J connectivity index is 2.37. The molecule has 1 heterocycles. The van der Waals surface area contributed by atoms with Gasteiger partial charge >= 0.3 is 6.18 Å². The van der Waals surface area contributed by atoms with E-state index in [-0.39, 0.29) is 6.42 Å². The molecule has 18 heavy (non-hydrogen) atoms. The van der Waals surface area contributed by atoms with E-state index in [0.29, 0.717) is 18.7 Å². The molecule has 0 saturated carbocycles. The highest BCUT2D eigenvalue weighted by Crippen LogP contribution is 2.24. The number of aryl methyl sites for hydroxylation is 1. The van der Waals surface area contributed by atoms with Crippen LogP contribution in [-0.4, -0.2) is 24.8 Å². The molecule has 0 saturated heterocycles. The summed E-state index contributed by atoms with van der Waals surface area (Å²) in [5.41, 5.74) is 1.59. The molecular weight excluding hydrogens is 245 g/mol. The van der Waals surface area contributed by atoms with Gasteiger partial charge in [0.2, 0.25) is 0 Å². The Hall–Kier alpha value is -1.46. The number of rotatable bonds is 6. The topological polar surface area (TPSA) is 34.1 Å². The van der Waals surface area contributed by atoms with Crippen molar-refractivity contribution in [3.8, 4) is 5.75 Å². The fourth-order valence-corrected chi connectivity index (χ4v) is 1.52. The highest BCUT2D eigenvalue weighted by molar-refractivity contribution is 5.55. The molecule has 102 valence electrons. The SMILES string of the molecule is COc1cnc(C)cc1NCCCCC(F)(F)F. The van der Waals surface area contributed by atoms with Crippen LogP contribution in [0.15, 0.2) is 12.3 Å². The summed E-state index contributed by atoms with van der Waals surface area (Å²) >= 11 is 0. The maximum atomic E-state index is 11.9. The molecule has 0 unspecified atom stereocenters. The number of nitrogens with one attached hydrogen (secondary N) is 1. The molecule has 0 aliphatic heterocycles. The van der Waals surface area contributed by atoms with E-state index in [1.54, 1.807) is 6.20 Å². The number of unbranched alkanes of at least 4 members (excludes halogenated alkanes) is 1. The van der Waals surface area contributed by atoms with Crippen LogP contribution >= 0.6 is 0 Å². The lowest BCUT2D eigenvalue weighted by Gasteiger charge is -2.11. The van der Waals surface area contributed by atoms with E-state index in [2.05, 4.69) is 10.3 Å². The molecule has 1 N–H and O–H groups in total. The van der Waals surface area contributed by atoms with Gasteiger partial charge in [-0.3, -0.25) is 4.98 Å². The molecule has 0 aromatic carbocycles. The summed E-state index contributed by atoms with van der Waals surface area (Å²) in [5.74, 6) is 0.594. The van der Waals surface area contributed by atoms with E-state index in [1.807, 2.05) is 13.0 Å². The minimum absolute atomic E-state index is 0.128. The van der Waals surface area contributed by atoms with Gasteiger partial charge < -0.3 is 10.1 Å². The van der Waals surface area contributed by atoms with Crippen molar-refractivity contribution in [1.82, 2.24) is 4.98 Å². The largest absolute Gasteiger partial charge is 0.493 e. The number of aromatic nitrogens is 1. The Morgan fingerprint density at radius 1 is 1.33 bits per heavy atom. The van der Waals surface area contributed by atoms with Gasteiger partial charge in [-0.1, -0.05) is 0 Å². The number of hydrogen-bond donors (Lipinski definition) is 1. The Kier molecular flexibility index (Phi) is 5.25. The Bertz CT molecular complexity index is 380. The van der Waals surface area contributed by atoms with Crippen LogP contribution in [0.25, 0.3) is 0 Å². The van der Waals surface area contributed by atoms with Crippen molar-refractivity contribution in [3.05, 3.63) is 18.0 Å². The zero-order valence-corrected chi connectivity index (χ0v) is 10.5. The first-order chi connectivity index (χ1) is 8.42. The molecule has 0 atom stereocenters. The van der Waals surface area contributed by atoms with E-state index >= 15 is 0 Å². The summed E-state index contributed by atoms with van der Waals surface area (Å²) in [6.45, 7) is 2.32. The lowest BCUT2D eigenvalue weighted by Crippen LogP contribution is -2.09. The molecule has 0 spiro atoms. The average Bonchev–Trinajstić information content (AvgIpc) is 2.27. The molecule has 0 radical (unpaired) electrons. The van der Waals surface area contributed by atoms with E-state index < -0.39 is 12.6 Å². The van der Waals surface area contributed by atoms with Crippen molar-refractivity contribution in [2.75, 3.05) is 19.0 Å². The smallest absolute Gasteiger partial charge is 0.389 e. The van der Waals surface area contributed by atoms with Gasteiger partial charge in [0, 0.05) is 18.7 Å². The molecule has 0 aliphatic carbocycles. The third-order valence-corrected chi connectivity index (χ3v) is 2.43. The second kappa shape index (κ2) is 6.47. The minimum atomic E-state index is -4.06. The summed E-state index contributed by atoms with van der Waals surface area (Å²) in [7, 11) is 1.53. The van der Waals surface area contributed by atoms with E-state index in [9.17, 15) is 13.2 Å². The molecule has 0 fully saturated rings. The first kappa shape index (κ1) is 14.6. The van der Waals surface area contributed by atoms with Crippen molar-refractivity contribution >= 4 is 5.69 Å². The zero-order valence-electron chi connectivity index (χ0n) is 10.5. The number of pyridine rings is 1. The van der Waals surface area contributed by atoms with Crippen molar-refractivity contribution in [2.45, 2.75) is 32.4 Å². The molecule has 0 bridgehead atoms. The number of halogens is 3. The molecule has 3 nitrogen and oxygen atoms in total. The first-order valence-electron chi connectivity index (χ1n) is 5.73. The Morgan fingerprint density at radius 2 is 2.06 bits per heavy atom. The highest BCUT2D eigenvalue weighted by atomic mass is 19.4. The third kappa shape index (κ3) is 5.25. The molecule has 0 aliphatic rings. The molecule has 1 aromatic heterocycles. The van der Waals surface area contributed by atoms with Gasteiger partial charge in [0.1, 0.15) is 0 Å². The quantitative estimate of drug-likeness (QED) is 0.796. The van der Waals surface area contributed by atoms with Crippen LogP contribution in [0.4, 0.5) is 18.9 Å². The van der Waals surface area contributed by atoms with Gasteiger partial charge in [-0.15, -0.1) is 0 Å². The number of methoxy groups -OCH3 is 1. The zero-order chi connectivity index (χ0) is 13.6. The number of ether oxygens (including phenoxy) is 1. The predicted molar refractivity (Wildman–Crippen MR) is 63.9 cm³/mol. The summed E-state index contributed by atoms with van der Waals surface area (Å²) in [5, 5.41) is 3.06. The Morgan fingerprint density at radius 3 is 2.67 bits per heavy atom. The van der Waals surface area contributed by atoms with Gasteiger partial charge in [0.15, 0.2) is 5.75 Å². The van der Waals surface area contributed by atoms with Crippen molar-refractivity contribution in [3.63, 3.8) is 0 Å². The minimum Gasteiger partial charge on any atom is -0.493 e. The third-order valence-electron chi connectivity index (χ3n) is 2.43. The Labute approximate surface area is 104 Å². The van der Waals surface area contributed by atoms with Crippen LogP contribution in [0.5, 0.6) is 5.75 Å². The first-order valence-corrected chi connectivity index (χ1v) is 5.73. The lowest BCUT2D eigenvalue weighted by molar-refractivity contribution is -0.135. The monoisotopic (exact) mass is 262 g/mol. The highest BCUT2D eigenvalue weighted by Gasteiger charge is 2.25. The van der Waals surface area contributed by atoms with Crippen molar-refractivity contribution in [2.24, 2.45) is 0 Å². The summed E-state index contributed by atoms with van der Waals surface area (Å²) in [4.78, 5) is 4.07. The maximum Gasteiger partial charge on any atom is 0.389 e. The van der Waals surface area contributed by atoms with Gasteiger partial charge in [0.05, 0.1) is 19.0 Å². The van der Waals surface area contributed by atoms with Gasteiger partial charge in [-0.05, 0) is 25.8 Å². The summed E-state index contributed by atoms with van der Waals surface area (Å²) in [6.07, 6.45) is -2.62. The molecule has 0 amide bonds. The number of nitrogens with zero attached hydrogens (tertiary/aromatic N) is 1. The van der Waals surface area contributed by atoms with Crippen LogP contribution in [-0.2, 0) is 0 Å².